The molecule has 3 aromatic carbocycles. The van der Waals surface area contributed by atoms with Crippen molar-refractivity contribution in [2.75, 3.05) is 70.9 Å². The highest BCUT2D eigenvalue weighted by Crippen LogP contribution is 2.47. The Hall–Kier alpha value is -3.99. The van der Waals surface area contributed by atoms with Crippen molar-refractivity contribution in [2.45, 2.75) is 19.3 Å². The van der Waals surface area contributed by atoms with Gasteiger partial charge in [0.25, 0.3) is 5.91 Å². The van der Waals surface area contributed by atoms with E-state index < -0.39 is 17.2 Å². The molecule has 2 fully saturated rings. The molecule has 0 aliphatic carbocycles. The van der Waals surface area contributed by atoms with E-state index >= 15 is 4.39 Å². The zero-order valence-electron chi connectivity index (χ0n) is 24.2. The largest absolute Gasteiger partial charge is 0.450 e. The number of hydrogen-bond acceptors (Lipinski definition) is 7. The number of likely N-dealkylation sites (tertiary alicyclic amines) is 1. The van der Waals surface area contributed by atoms with Crippen LogP contribution in [-0.4, -0.2) is 85.8 Å². The fourth-order valence-corrected chi connectivity index (χ4v) is 6.44. The zero-order valence-corrected chi connectivity index (χ0v) is 24.2. The summed E-state index contributed by atoms with van der Waals surface area (Å²) in [5, 5.41) is 8.11. The maximum absolute atomic E-state index is 15.8. The van der Waals surface area contributed by atoms with E-state index in [1.807, 2.05) is 41.0 Å². The van der Waals surface area contributed by atoms with Crippen LogP contribution in [0.1, 0.15) is 29.6 Å². The number of rotatable bonds is 9. The number of carbonyl (C=O) groups excluding carboxylic acids is 1. The zero-order chi connectivity index (χ0) is 29.3. The number of nitrogens with zero attached hydrogens (tertiary/aromatic N) is 3. The Bertz CT molecular complexity index is 1740. The van der Waals surface area contributed by atoms with E-state index in [-0.39, 0.29) is 22.4 Å². The second-order valence-electron chi connectivity index (χ2n) is 11.5. The molecule has 2 saturated heterocycles. The first-order valence-electron chi connectivity index (χ1n) is 15.2. The molecule has 0 bridgehead atoms. The van der Waals surface area contributed by atoms with Crippen molar-refractivity contribution in [3.05, 3.63) is 70.3 Å². The van der Waals surface area contributed by atoms with Crippen LogP contribution in [0.15, 0.2) is 53.5 Å². The van der Waals surface area contributed by atoms with Crippen molar-refractivity contribution in [1.82, 2.24) is 19.7 Å². The average Bonchev–Trinajstić information content (AvgIpc) is 3.56. The summed E-state index contributed by atoms with van der Waals surface area (Å²) in [7, 11) is 0. The van der Waals surface area contributed by atoms with Gasteiger partial charge in [-0.1, -0.05) is 30.3 Å². The Morgan fingerprint density at radius 2 is 1.70 bits per heavy atom. The standard InChI is InChI=1S/C33H36FN5O4/c34-26-20-24-29-32(28(26)35-11-15-37-12-3-4-13-37)43-31-23-7-2-1-6-22(23)8-9-27(31)39(29)21-25(30(24)40)33(41)36-10-5-14-38-16-18-42-19-17-38/h1-2,6-9,20-21,35H,3-5,10-19H2,(H,36,41). The Labute approximate surface area is 249 Å². The quantitative estimate of drug-likeness (QED) is 0.249. The number of fused-ring (bicyclic) bond motifs is 4. The molecule has 3 aliphatic heterocycles. The Balaban J connectivity index is 1.26. The van der Waals surface area contributed by atoms with Gasteiger partial charge in [0.2, 0.25) is 5.43 Å². The van der Waals surface area contributed by atoms with E-state index in [0.717, 1.165) is 69.7 Å². The third kappa shape index (κ3) is 5.35. The topological polar surface area (TPSA) is 88.1 Å². The highest BCUT2D eigenvalue weighted by molar-refractivity contribution is 6.03. The Kier molecular flexibility index (Phi) is 7.73. The van der Waals surface area contributed by atoms with Gasteiger partial charge in [-0.2, -0.15) is 0 Å². The molecule has 10 heteroatoms. The molecule has 0 radical (unpaired) electrons. The second-order valence-corrected chi connectivity index (χ2v) is 11.5. The van der Waals surface area contributed by atoms with Gasteiger partial charge in [0.15, 0.2) is 17.3 Å². The summed E-state index contributed by atoms with van der Waals surface area (Å²) in [6, 6.07) is 13.0. The number of aromatic nitrogens is 1. The summed E-state index contributed by atoms with van der Waals surface area (Å²) in [5.74, 6) is -0.240. The molecule has 0 saturated carbocycles. The molecule has 43 heavy (non-hydrogen) atoms. The summed E-state index contributed by atoms with van der Waals surface area (Å²) in [5.41, 5.74) is 0.807. The predicted molar refractivity (Wildman–Crippen MR) is 165 cm³/mol. The van der Waals surface area contributed by atoms with Crippen molar-refractivity contribution < 1.29 is 18.7 Å². The van der Waals surface area contributed by atoms with Crippen LogP contribution in [0.2, 0.25) is 0 Å². The molecular weight excluding hydrogens is 549 g/mol. The van der Waals surface area contributed by atoms with Gasteiger partial charge < -0.3 is 29.6 Å². The Morgan fingerprint density at radius 3 is 2.53 bits per heavy atom. The number of anilines is 1. The molecule has 1 aromatic heterocycles. The summed E-state index contributed by atoms with van der Waals surface area (Å²) in [6.45, 7) is 7.87. The fourth-order valence-electron chi connectivity index (χ4n) is 6.44. The minimum Gasteiger partial charge on any atom is -0.450 e. The van der Waals surface area contributed by atoms with Gasteiger partial charge in [-0.05, 0) is 56.4 Å². The highest BCUT2D eigenvalue weighted by atomic mass is 19.1. The van der Waals surface area contributed by atoms with Crippen LogP contribution in [0.4, 0.5) is 10.1 Å². The van der Waals surface area contributed by atoms with Crippen LogP contribution >= 0.6 is 0 Å². The molecule has 3 aliphatic rings. The number of ether oxygens (including phenoxy) is 2. The number of pyridine rings is 1. The minimum atomic E-state index is -0.584. The van der Waals surface area contributed by atoms with E-state index in [4.69, 9.17) is 9.47 Å². The van der Waals surface area contributed by atoms with Crippen molar-refractivity contribution >= 4 is 33.3 Å². The summed E-state index contributed by atoms with van der Waals surface area (Å²) in [6.07, 6.45) is 4.69. The lowest BCUT2D eigenvalue weighted by molar-refractivity contribution is 0.0374. The summed E-state index contributed by atoms with van der Waals surface area (Å²) in [4.78, 5) is 31.7. The van der Waals surface area contributed by atoms with Crippen molar-refractivity contribution in [3.8, 4) is 17.2 Å². The molecule has 0 atom stereocenters. The Morgan fingerprint density at radius 1 is 0.907 bits per heavy atom. The van der Waals surface area contributed by atoms with Crippen molar-refractivity contribution in [1.29, 1.82) is 0 Å². The molecule has 2 N–H and O–H groups in total. The highest BCUT2D eigenvalue weighted by Gasteiger charge is 2.29. The maximum atomic E-state index is 15.8. The average molecular weight is 586 g/mol. The second kappa shape index (κ2) is 11.9. The van der Waals surface area contributed by atoms with Gasteiger partial charge in [-0.25, -0.2) is 4.39 Å². The number of nitrogens with one attached hydrogen (secondary N) is 2. The van der Waals surface area contributed by atoms with E-state index in [0.29, 0.717) is 30.0 Å². The van der Waals surface area contributed by atoms with E-state index in [2.05, 4.69) is 20.4 Å². The number of halogens is 1. The summed E-state index contributed by atoms with van der Waals surface area (Å²) >= 11 is 0. The predicted octanol–water partition coefficient (Wildman–Crippen LogP) is 4.35. The molecule has 224 valence electrons. The fraction of sp³-hybridized carbons (Fsp3) is 0.394. The van der Waals surface area contributed by atoms with Gasteiger partial charge in [0, 0.05) is 44.3 Å². The first-order chi connectivity index (χ1) is 21.1. The molecule has 7 rings (SSSR count). The molecule has 4 aromatic rings. The van der Waals surface area contributed by atoms with Crippen LogP contribution in [0.3, 0.4) is 0 Å². The smallest absolute Gasteiger partial charge is 0.256 e. The first kappa shape index (κ1) is 27.8. The van der Waals surface area contributed by atoms with Gasteiger partial charge in [-0.15, -0.1) is 0 Å². The van der Waals surface area contributed by atoms with Gasteiger partial charge >= 0.3 is 0 Å². The monoisotopic (exact) mass is 585 g/mol. The molecule has 4 heterocycles. The lowest BCUT2D eigenvalue weighted by Crippen LogP contribution is -2.38. The third-order valence-corrected chi connectivity index (χ3v) is 8.73. The minimum absolute atomic E-state index is 0.0278. The number of benzene rings is 3. The number of hydrogen-bond donors (Lipinski definition) is 2. The molecule has 0 unspecified atom stereocenters. The molecular formula is C33H36FN5O4. The molecule has 9 nitrogen and oxygen atoms in total. The van der Waals surface area contributed by atoms with Crippen molar-refractivity contribution in [3.63, 3.8) is 0 Å². The van der Waals surface area contributed by atoms with Crippen molar-refractivity contribution in [2.24, 2.45) is 0 Å². The molecule has 0 spiro atoms. The van der Waals surface area contributed by atoms with E-state index in [1.54, 1.807) is 6.20 Å². The van der Waals surface area contributed by atoms with E-state index in [9.17, 15) is 9.59 Å². The van der Waals surface area contributed by atoms with E-state index in [1.165, 1.54) is 18.9 Å². The SMILES string of the molecule is O=C(NCCCN1CCOCC1)c1cn2c3c(c(NCCN4CCCC4)c(F)cc3c1=O)Oc1c-2ccc2ccccc12. The molecule has 1 amide bonds. The van der Waals surface area contributed by atoms with Gasteiger partial charge in [0.1, 0.15) is 16.8 Å². The summed E-state index contributed by atoms with van der Waals surface area (Å²) < 4.78 is 29.5. The first-order valence-corrected chi connectivity index (χ1v) is 15.2. The maximum Gasteiger partial charge on any atom is 0.256 e. The lowest BCUT2D eigenvalue weighted by atomic mass is 10.0. The van der Waals surface area contributed by atoms with Crippen LogP contribution in [0, 0.1) is 5.82 Å². The number of amides is 1. The number of morpholine rings is 1. The van der Waals surface area contributed by atoms with Crippen LogP contribution in [0.25, 0.3) is 27.4 Å². The normalized spacial score (nSPS) is 16.8. The van der Waals surface area contributed by atoms with Crippen LogP contribution < -0.4 is 20.8 Å². The van der Waals surface area contributed by atoms with Crippen LogP contribution in [-0.2, 0) is 4.74 Å². The van der Waals surface area contributed by atoms with Gasteiger partial charge in [-0.3, -0.25) is 14.5 Å². The lowest BCUT2D eigenvalue weighted by Gasteiger charge is -2.27. The number of carbonyl (C=O) groups is 1. The van der Waals surface area contributed by atoms with Crippen LogP contribution in [0.5, 0.6) is 11.5 Å². The van der Waals surface area contributed by atoms with Gasteiger partial charge in [0.05, 0.1) is 24.3 Å². The third-order valence-electron chi connectivity index (χ3n) is 8.73.